The number of esters is 1. The number of nitrogens with zero attached hydrogens (tertiary/aromatic N) is 2. The van der Waals surface area contributed by atoms with Crippen molar-refractivity contribution in [2.75, 3.05) is 19.7 Å². The van der Waals surface area contributed by atoms with Crippen molar-refractivity contribution in [2.45, 2.75) is 27.2 Å². The Kier molecular flexibility index (Phi) is 6.67. The standard InChI is InChI=1S/C24H27N3O3/c1-4-27(5-2)23(28)17-9-7-16(8-10-17)18-11-12-19-13-20(24(29)30-6-3)15-22(25)26-21(19)14-18/h7-14H,4-6,15H2,1-3H3,(H2,25,26). The first kappa shape index (κ1) is 21.3. The van der Waals surface area contributed by atoms with Gasteiger partial charge in [0.05, 0.1) is 12.3 Å². The van der Waals surface area contributed by atoms with Crippen LogP contribution in [-0.4, -0.2) is 42.3 Å². The molecule has 0 unspecified atom stereocenters. The second-order valence-corrected chi connectivity index (χ2v) is 7.00. The van der Waals surface area contributed by atoms with E-state index in [9.17, 15) is 9.59 Å². The molecule has 0 atom stereocenters. The molecule has 6 heteroatoms. The molecule has 0 saturated carbocycles. The summed E-state index contributed by atoms with van der Waals surface area (Å²) in [5.41, 5.74) is 10.6. The van der Waals surface area contributed by atoms with E-state index in [-0.39, 0.29) is 18.3 Å². The summed E-state index contributed by atoms with van der Waals surface area (Å²) in [5.74, 6) is 0.0221. The first-order valence-electron chi connectivity index (χ1n) is 10.2. The van der Waals surface area contributed by atoms with E-state index in [2.05, 4.69) is 4.99 Å². The maximum atomic E-state index is 12.5. The van der Waals surface area contributed by atoms with Gasteiger partial charge in [0.1, 0.15) is 5.84 Å². The van der Waals surface area contributed by atoms with E-state index < -0.39 is 0 Å². The van der Waals surface area contributed by atoms with Crippen LogP contribution in [0.3, 0.4) is 0 Å². The van der Waals surface area contributed by atoms with Crippen LogP contribution in [0.1, 0.15) is 43.1 Å². The van der Waals surface area contributed by atoms with Gasteiger partial charge in [-0.15, -0.1) is 0 Å². The van der Waals surface area contributed by atoms with Crippen molar-refractivity contribution in [3.63, 3.8) is 0 Å². The molecule has 156 valence electrons. The van der Waals surface area contributed by atoms with E-state index in [1.807, 2.05) is 56.3 Å². The summed E-state index contributed by atoms with van der Waals surface area (Å²) < 4.78 is 5.11. The molecule has 0 fully saturated rings. The van der Waals surface area contributed by atoms with Crippen molar-refractivity contribution in [2.24, 2.45) is 10.7 Å². The molecule has 1 heterocycles. The van der Waals surface area contributed by atoms with Crippen LogP contribution in [-0.2, 0) is 9.53 Å². The lowest BCUT2D eigenvalue weighted by Gasteiger charge is -2.18. The zero-order valence-corrected chi connectivity index (χ0v) is 17.6. The number of benzene rings is 2. The fourth-order valence-electron chi connectivity index (χ4n) is 3.42. The number of amidine groups is 1. The van der Waals surface area contributed by atoms with Gasteiger partial charge in [0.25, 0.3) is 5.91 Å². The summed E-state index contributed by atoms with van der Waals surface area (Å²) >= 11 is 0. The fraction of sp³-hybridized carbons (Fsp3) is 0.292. The second-order valence-electron chi connectivity index (χ2n) is 7.00. The molecule has 0 spiro atoms. The third-order valence-electron chi connectivity index (χ3n) is 5.05. The Bertz CT molecular complexity index is 1000. The van der Waals surface area contributed by atoms with Gasteiger partial charge in [0.15, 0.2) is 0 Å². The van der Waals surface area contributed by atoms with Crippen LogP contribution < -0.4 is 5.73 Å². The van der Waals surface area contributed by atoms with Crippen molar-refractivity contribution in [1.29, 1.82) is 0 Å². The summed E-state index contributed by atoms with van der Waals surface area (Å²) in [6.45, 7) is 7.39. The van der Waals surface area contributed by atoms with E-state index in [0.29, 0.717) is 42.4 Å². The van der Waals surface area contributed by atoms with Crippen molar-refractivity contribution in [1.82, 2.24) is 4.90 Å². The van der Waals surface area contributed by atoms with E-state index >= 15 is 0 Å². The van der Waals surface area contributed by atoms with Gasteiger partial charge in [-0.2, -0.15) is 0 Å². The Morgan fingerprint density at radius 1 is 1.03 bits per heavy atom. The minimum Gasteiger partial charge on any atom is -0.463 e. The second kappa shape index (κ2) is 9.39. The van der Waals surface area contributed by atoms with Crippen LogP contribution >= 0.6 is 0 Å². The smallest absolute Gasteiger partial charge is 0.334 e. The Morgan fingerprint density at radius 2 is 1.70 bits per heavy atom. The molecule has 0 aliphatic carbocycles. The van der Waals surface area contributed by atoms with E-state index in [0.717, 1.165) is 16.7 Å². The fourth-order valence-corrected chi connectivity index (χ4v) is 3.42. The summed E-state index contributed by atoms with van der Waals surface area (Å²) in [5, 5.41) is 0. The highest BCUT2D eigenvalue weighted by Crippen LogP contribution is 2.32. The molecule has 6 nitrogen and oxygen atoms in total. The maximum absolute atomic E-state index is 12.5. The molecule has 2 N–H and O–H groups in total. The zero-order valence-electron chi connectivity index (χ0n) is 17.6. The number of amides is 1. The van der Waals surface area contributed by atoms with Crippen LogP contribution in [0.4, 0.5) is 5.69 Å². The van der Waals surface area contributed by atoms with Crippen molar-refractivity contribution >= 4 is 29.5 Å². The molecular weight excluding hydrogens is 378 g/mol. The third-order valence-corrected chi connectivity index (χ3v) is 5.05. The van der Waals surface area contributed by atoms with Crippen molar-refractivity contribution < 1.29 is 14.3 Å². The minimum absolute atomic E-state index is 0.0301. The molecular formula is C24H27N3O3. The normalized spacial score (nSPS) is 12.9. The van der Waals surface area contributed by atoms with Crippen LogP contribution in [0.5, 0.6) is 0 Å². The number of ether oxygens (including phenoxy) is 1. The molecule has 2 aromatic rings. The number of carbonyl (C=O) groups is 2. The van der Waals surface area contributed by atoms with E-state index in [4.69, 9.17) is 10.5 Å². The number of hydrogen-bond acceptors (Lipinski definition) is 5. The topological polar surface area (TPSA) is 85.0 Å². The SMILES string of the molecule is CCOC(=O)C1=Cc2ccc(-c3ccc(C(=O)N(CC)CC)cc3)cc2N=C(N)C1. The number of nitrogens with two attached hydrogens (primary N) is 1. The number of hydrogen-bond donors (Lipinski definition) is 1. The number of rotatable bonds is 6. The lowest BCUT2D eigenvalue weighted by atomic mass is 10.00. The van der Waals surface area contributed by atoms with Gasteiger partial charge in [-0.05, 0) is 56.2 Å². The largest absolute Gasteiger partial charge is 0.463 e. The third kappa shape index (κ3) is 4.59. The number of carbonyl (C=O) groups excluding carboxylic acids is 2. The molecule has 0 aromatic heterocycles. The quantitative estimate of drug-likeness (QED) is 0.731. The molecule has 1 aliphatic rings. The molecule has 0 saturated heterocycles. The molecule has 1 amide bonds. The lowest BCUT2D eigenvalue weighted by molar-refractivity contribution is -0.138. The monoisotopic (exact) mass is 405 g/mol. The number of fused-ring (bicyclic) bond motifs is 1. The van der Waals surface area contributed by atoms with Gasteiger partial charge in [-0.25, -0.2) is 9.79 Å². The highest BCUT2D eigenvalue weighted by atomic mass is 16.5. The lowest BCUT2D eigenvalue weighted by Crippen LogP contribution is -2.30. The van der Waals surface area contributed by atoms with Crippen LogP contribution in [0.2, 0.25) is 0 Å². The van der Waals surface area contributed by atoms with Gasteiger partial charge in [0.2, 0.25) is 0 Å². The van der Waals surface area contributed by atoms with Gasteiger partial charge >= 0.3 is 5.97 Å². The van der Waals surface area contributed by atoms with Gasteiger partial charge < -0.3 is 15.4 Å². The Morgan fingerprint density at radius 3 is 2.33 bits per heavy atom. The summed E-state index contributed by atoms with van der Waals surface area (Å²) in [6.07, 6.45) is 2.04. The average molecular weight is 405 g/mol. The Labute approximate surface area is 177 Å². The summed E-state index contributed by atoms with van der Waals surface area (Å²) in [4.78, 5) is 30.9. The predicted octanol–water partition coefficient (Wildman–Crippen LogP) is 4.17. The van der Waals surface area contributed by atoms with Gasteiger partial charge in [-0.1, -0.05) is 24.3 Å². The molecule has 3 rings (SSSR count). The van der Waals surface area contributed by atoms with E-state index in [1.165, 1.54) is 0 Å². The maximum Gasteiger partial charge on any atom is 0.334 e. The zero-order chi connectivity index (χ0) is 21.7. The Balaban J connectivity index is 1.91. The van der Waals surface area contributed by atoms with Crippen molar-refractivity contribution in [3.8, 4) is 11.1 Å². The minimum atomic E-state index is -0.374. The summed E-state index contributed by atoms with van der Waals surface area (Å²) in [6, 6.07) is 13.4. The van der Waals surface area contributed by atoms with E-state index in [1.54, 1.807) is 17.9 Å². The molecule has 0 radical (unpaired) electrons. The number of aliphatic imine (C=N–C) groups is 1. The van der Waals surface area contributed by atoms with Crippen LogP contribution in [0, 0.1) is 0 Å². The first-order chi connectivity index (χ1) is 14.5. The average Bonchev–Trinajstić information content (AvgIpc) is 2.92. The summed E-state index contributed by atoms with van der Waals surface area (Å²) in [7, 11) is 0. The molecule has 2 aromatic carbocycles. The van der Waals surface area contributed by atoms with Gasteiger partial charge in [-0.3, -0.25) is 4.79 Å². The molecule has 0 bridgehead atoms. The first-order valence-corrected chi connectivity index (χ1v) is 10.2. The highest BCUT2D eigenvalue weighted by Gasteiger charge is 2.18. The molecule has 30 heavy (non-hydrogen) atoms. The van der Waals surface area contributed by atoms with Crippen LogP contribution in [0.25, 0.3) is 17.2 Å². The van der Waals surface area contributed by atoms with Crippen LogP contribution in [0.15, 0.2) is 53.0 Å². The Hall–Kier alpha value is -3.41. The van der Waals surface area contributed by atoms with Gasteiger partial charge in [0, 0.05) is 36.2 Å². The van der Waals surface area contributed by atoms with Crippen molar-refractivity contribution in [3.05, 3.63) is 59.2 Å². The highest BCUT2D eigenvalue weighted by molar-refractivity contribution is 6.03. The molecule has 1 aliphatic heterocycles. The predicted molar refractivity (Wildman–Crippen MR) is 120 cm³/mol.